The van der Waals surface area contributed by atoms with Crippen molar-refractivity contribution in [2.24, 2.45) is 0 Å². The van der Waals surface area contributed by atoms with Gasteiger partial charge in [0.15, 0.2) is 0 Å². The standard InChI is InChI=1S/C16H25NO4/c1-5-20-16(19)13(4)17-9-14(18)10-21-15-7-6-11(2)8-12(15)3/h6-8,13-14,17-18H,5,9-10H2,1-4H3. The lowest BCUT2D eigenvalue weighted by molar-refractivity contribution is -0.145. The summed E-state index contributed by atoms with van der Waals surface area (Å²) in [5.41, 5.74) is 2.21. The zero-order valence-corrected chi connectivity index (χ0v) is 13.2. The highest BCUT2D eigenvalue weighted by molar-refractivity contribution is 5.75. The van der Waals surface area contributed by atoms with Gasteiger partial charge in [0.05, 0.1) is 6.61 Å². The molecule has 2 N–H and O–H groups in total. The number of benzene rings is 1. The van der Waals surface area contributed by atoms with E-state index >= 15 is 0 Å². The molecule has 0 aliphatic rings. The molecule has 5 nitrogen and oxygen atoms in total. The number of nitrogens with one attached hydrogen (secondary N) is 1. The van der Waals surface area contributed by atoms with Crippen LogP contribution < -0.4 is 10.1 Å². The molecule has 5 heteroatoms. The molecule has 0 aliphatic carbocycles. The largest absolute Gasteiger partial charge is 0.491 e. The van der Waals surface area contributed by atoms with Gasteiger partial charge in [-0.2, -0.15) is 0 Å². The molecule has 0 bridgehead atoms. The van der Waals surface area contributed by atoms with E-state index in [0.29, 0.717) is 6.61 Å². The molecule has 0 aromatic heterocycles. The van der Waals surface area contributed by atoms with E-state index < -0.39 is 12.1 Å². The topological polar surface area (TPSA) is 67.8 Å². The third kappa shape index (κ3) is 6.14. The Labute approximate surface area is 126 Å². The van der Waals surface area contributed by atoms with Crippen LogP contribution in [0.2, 0.25) is 0 Å². The summed E-state index contributed by atoms with van der Waals surface area (Å²) in [5.74, 6) is 0.443. The highest BCUT2D eigenvalue weighted by atomic mass is 16.5. The smallest absolute Gasteiger partial charge is 0.322 e. The molecule has 0 fully saturated rings. The fourth-order valence-electron chi connectivity index (χ4n) is 1.87. The molecule has 2 unspecified atom stereocenters. The fourth-order valence-corrected chi connectivity index (χ4v) is 1.87. The van der Waals surface area contributed by atoms with Crippen molar-refractivity contribution in [3.8, 4) is 5.75 Å². The van der Waals surface area contributed by atoms with Gasteiger partial charge in [0.1, 0.15) is 24.5 Å². The van der Waals surface area contributed by atoms with E-state index in [1.165, 1.54) is 5.56 Å². The average Bonchev–Trinajstić information content (AvgIpc) is 2.44. The molecule has 0 saturated heterocycles. The molecule has 21 heavy (non-hydrogen) atoms. The molecule has 1 aromatic rings. The molecule has 2 atom stereocenters. The first-order chi connectivity index (χ1) is 9.93. The molecule has 0 spiro atoms. The minimum atomic E-state index is -0.692. The summed E-state index contributed by atoms with van der Waals surface area (Å²) < 4.78 is 10.5. The quantitative estimate of drug-likeness (QED) is 0.713. The maximum absolute atomic E-state index is 11.4. The second kappa shape index (κ2) is 8.64. The van der Waals surface area contributed by atoms with Crippen LogP contribution >= 0.6 is 0 Å². The van der Waals surface area contributed by atoms with E-state index in [-0.39, 0.29) is 19.1 Å². The number of aliphatic hydroxyl groups excluding tert-OH is 1. The van der Waals surface area contributed by atoms with Gasteiger partial charge in [-0.1, -0.05) is 17.7 Å². The van der Waals surface area contributed by atoms with Crippen molar-refractivity contribution >= 4 is 5.97 Å². The van der Waals surface area contributed by atoms with Crippen molar-refractivity contribution in [1.82, 2.24) is 5.32 Å². The SMILES string of the molecule is CCOC(=O)C(C)NCC(O)COc1ccc(C)cc1C. The van der Waals surface area contributed by atoms with E-state index in [1.807, 2.05) is 32.0 Å². The number of hydrogen-bond donors (Lipinski definition) is 2. The molecular formula is C16H25NO4. The average molecular weight is 295 g/mol. The highest BCUT2D eigenvalue weighted by Gasteiger charge is 2.15. The Kier molecular flexibility index (Phi) is 7.19. The zero-order valence-electron chi connectivity index (χ0n) is 13.2. The molecular weight excluding hydrogens is 270 g/mol. The van der Waals surface area contributed by atoms with Gasteiger partial charge in [0, 0.05) is 6.54 Å². The van der Waals surface area contributed by atoms with Gasteiger partial charge >= 0.3 is 5.97 Å². The summed E-state index contributed by atoms with van der Waals surface area (Å²) in [6.07, 6.45) is -0.692. The summed E-state index contributed by atoms with van der Waals surface area (Å²) in [6, 6.07) is 5.45. The van der Waals surface area contributed by atoms with Crippen LogP contribution in [-0.4, -0.2) is 43.0 Å². The zero-order chi connectivity index (χ0) is 15.8. The Bertz CT molecular complexity index is 462. The molecule has 0 saturated carbocycles. The summed E-state index contributed by atoms with van der Waals surface area (Å²) in [7, 11) is 0. The number of aryl methyl sites for hydroxylation is 2. The van der Waals surface area contributed by atoms with Gasteiger partial charge in [-0.3, -0.25) is 4.79 Å². The Morgan fingerprint density at radius 2 is 2.10 bits per heavy atom. The fraction of sp³-hybridized carbons (Fsp3) is 0.562. The Morgan fingerprint density at radius 1 is 1.38 bits per heavy atom. The molecule has 1 rings (SSSR count). The van der Waals surface area contributed by atoms with Crippen molar-refractivity contribution in [2.45, 2.75) is 39.8 Å². The van der Waals surface area contributed by atoms with Crippen LogP contribution in [0.4, 0.5) is 0 Å². The lowest BCUT2D eigenvalue weighted by Gasteiger charge is -2.17. The first kappa shape index (κ1) is 17.5. The Hall–Kier alpha value is -1.59. The van der Waals surface area contributed by atoms with Gasteiger partial charge in [0.25, 0.3) is 0 Å². The van der Waals surface area contributed by atoms with E-state index in [9.17, 15) is 9.90 Å². The van der Waals surface area contributed by atoms with Gasteiger partial charge in [-0.15, -0.1) is 0 Å². The van der Waals surface area contributed by atoms with E-state index in [1.54, 1.807) is 13.8 Å². The summed E-state index contributed by atoms with van der Waals surface area (Å²) in [6.45, 7) is 8.25. The predicted octanol–water partition coefficient (Wildman–Crippen LogP) is 1.58. The van der Waals surface area contributed by atoms with Gasteiger partial charge in [0.2, 0.25) is 0 Å². The third-order valence-corrected chi connectivity index (χ3v) is 3.06. The van der Waals surface area contributed by atoms with Crippen molar-refractivity contribution < 1.29 is 19.4 Å². The minimum absolute atomic E-state index is 0.173. The maximum atomic E-state index is 11.4. The molecule has 0 radical (unpaired) electrons. The Balaban J connectivity index is 2.34. The number of carbonyl (C=O) groups is 1. The van der Waals surface area contributed by atoms with Crippen LogP contribution in [0.25, 0.3) is 0 Å². The first-order valence-corrected chi connectivity index (χ1v) is 7.22. The van der Waals surface area contributed by atoms with Crippen molar-refractivity contribution in [2.75, 3.05) is 19.8 Å². The molecule has 0 aliphatic heterocycles. The lowest BCUT2D eigenvalue weighted by atomic mass is 10.1. The van der Waals surface area contributed by atoms with Gasteiger partial charge < -0.3 is 19.9 Å². The van der Waals surface area contributed by atoms with Crippen LogP contribution in [0, 0.1) is 13.8 Å². The predicted molar refractivity (Wildman–Crippen MR) is 81.5 cm³/mol. The Morgan fingerprint density at radius 3 is 2.71 bits per heavy atom. The van der Waals surface area contributed by atoms with Crippen LogP contribution in [-0.2, 0) is 9.53 Å². The van der Waals surface area contributed by atoms with Crippen LogP contribution in [0.15, 0.2) is 18.2 Å². The second-order valence-corrected chi connectivity index (χ2v) is 5.12. The number of ether oxygens (including phenoxy) is 2. The number of aliphatic hydroxyl groups is 1. The minimum Gasteiger partial charge on any atom is -0.491 e. The first-order valence-electron chi connectivity index (χ1n) is 7.22. The van der Waals surface area contributed by atoms with Crippen LogP contribution in [0.3, 0.4) is 0 Å². The number of esters is 1. The summed E-state index contributed by atoms with van der Waals surface area (Å²) in [4.78, 5) is 11.4. The second-order valence-electron chi connectivity index (χ2n) is 5.12. The number of carbonyl (C=O) groups excluding carboxylic acids is 1. The van der Waals surface area contributed by atoms with Gasteiger partial charge in [-0.25, -0.2) is 0 Å². The van der Waals surface area contributed by atoms with Crippen molar-refractivity contribution in [1.29, 1.82) is 0 Å². The molecule has 0 heterocycles. The highest BCUT2D eigenvalue weighted by Crippen LogP contribution is 2.18. The number of rotatable bonds is 8. The lowest BCUT2D eigenvalue weighted by Crippen LogP contribution is -2.41. The van der Waals surface area contributed by atoms with Crippen molar-refractivity contribution in [3.05, 3.63) is 29.3 Å². The van der Waals surface area contributed by atoms with Gasteiger partial charge in [-0.05, 0) is 39.3 Å². The maximum Gasteiger partial charge on any atom is 0.322 e. The number of hydrogen-bond acceptors (Lipinski definition) is 5. The molecule has 0 amide bonds. The molecule has 1 aromatic carbocycles. The van der Waals surface area contributed by atoms with E-state index in [0.717, 1.165) is 11.3 Å². The van der Waals surface area contributed by atoms with E-state index in [2.05, 4.69) is 5.32 Å². The van der Waals surface area contributed by atoms with E-state index in [4.69, 9.17) is 9.47 Å². The summed E-state index contributed by atoms with van der Waals surface area (Å²) >= 11 is 0. The van der Waals surface area contributed by atoms with Crippen LogP contribution in [0.1, 0.15) is 25.0 Å². The normalized spacial score (nSPS) is 13.6. The summed E-state index contributed by atoms with van der Waals surface area (Å²) in [5, 5.41) is 12.8. The van der Waals surface area contributed by atoms with Crippen LogP contribution in [0.5, 0.6) is 5.75 Å². The monoisotopic (exact) mass is 295 g/mol. The van der Waals surface area contributed by atoms with Crippen molar-refractivity contribution in [3.63, 3.8) is 0 Å². The third-order valence-electron chi connectivity index (χ3n) is 3.06. The molecule has 118 valence electrons.